The molecular weight excluding hydrogens is 382 g/mol. The Morgan fingerprint density at radius 3 is 2.62 bits per heavy atom. The van der Waals surface area contributed by atoms with Crippen LogP contribution in [0.3, 0.4) is 0 Å². The van der Waals surface area contributed by atoms with Crippen molar-refractivity contribution in [1.82, 2.24) is 5.43 Å². The molecule has 24 heavy (non-hydrogen) atoms. The molecule has 118 valence electrons. The number of hydrogen-bond acceptors (Lipinski definition) is 4. The van der Waals surface area contributed by atoms with Crippen LogP contribution in [-0.4, -0.2) is 11.5 Å². The van der Waals surface area contributed by atoms with Crippen LogP contribution in [0.1, 0.15) is 21.6 Å². The van der Waals surface area contributed by atoms with Gasteiger partial charge in [0.15, 0.2) is 5.84 Å². The molecule has 1 N–H and O–H groups in total. The Balaban J connectivity index is 1.88. The van der Waals surface area contributed by atoms with E-state index in [1.807, 2.05) is 29.6 Å². The number of nitrogens with zero attached hydrogens (tertiary/aromatic N) is 2. The minimum atomic E-state index is 0.774. The third kappa shape index (κ3) is 2.92. The quantitative estimate of drug-likeness (QED) is 0.631. The third-order valence-electron chi connectivity index (χ3n) is 3.80. The van der Waals surface area contributed by atoms with Crippen LogP contribution < -0.4 is 5.43 Å². The van der Waals surface area contributed by atoms with Crippen LogP contribution >= 0.6 is 27.3 Å². The largest absolute Gasteiger partial charge is 0.260 e. The molecule has 0 saturated carbocycles. The zero-order valence-corrected chi connectivity index (χ0v) is 15.4. The highest BCUT2D eigenvalue weighted by atomic mass is 79.9. The average molecular weight is 396 g/mol. The van der Waals surface area contributed by atoms with Gasteiger partial charge in [-0.1, -0.05) is 51.8 Å². The van der Waals surface area contributed by atoms with Crippen LogP contribution in [0.4, 0.5) is 5.69 Å². The van der Waals surface area contributed by atoms with E-state index in [4.69, 9.17) is 4.99 Å². The predicted octanol–water partition coefficient (Wildman–Crippen LogP) is 5.25. The first-order chi connectivity index (χ1) is 11.7. The van der Waals surface area contributed by atoms with Gasteiger partial charge >= 0.3 is 0 Å². The van der Waals surface area contributed by atoms with Crippen molar-refractivity contribution >= 4 is 44.5 Å². The second kappa shape index (κ2) is 6.34. The lowest BCUT2D eigenvalue weighted by atomic mass is 10.00. The van der Waals surface area contributed by atoms with E-state index >= 15 is 0 Å². The molecule has 0 bridgehead atoms. The van der Waals surface area contributed by atoms with Crippen molar-refractivity contribution < 1.29 is 0 Å². The number of aryl methyl sites for hydroxylation is 1. The summed E-state index contributed by atoms with van der Waals surface area (Å²) < 4.78 is 1.01. The summed E-state index contributed by atoms with van der Waals surface area (Å²) in [5.41, 5.74) is 8.24. The van der Waals surface area contributed by atoms with Crippen LogP contribution in [0, 0.1) is 6.92 Å². The summed E-state index contributed by atoms with van der Waals surface area (Å²) in [7, 11) is 0. The fourth-order valence-corrected chi connectivity index (χ4v) is 3.59. The molecule has 0 saturated heterocycles. The molecule has 0 fully saturated rings. The Morgan fingerprint density at radius 2 is 1.88 bits per heavy atom. The minimum Gasteiger partial charge on any atom is -0.260 e. The number of hydrazone groups is 1. The fourth-order valence-electron chi connectivity index (χ4n) is 2.56. The van der Waals surface area contributed by atoms with Crippen LogP contribution in [0.15, 0.2) is 74.5 Å². The SMILES string of the molecule is Cc1ccc(C2=NNC(c3cccs3)=Nc3ccc(Br)cc32)cc1. The average Bonchev–Trinajstić information content (AvgIpc) is 3.05. The zero-order chi connectivity index (χ0) is 16.5. The maximum Gasteiger partial charge on any atom is 0.164 e. The van der Waals surface area contributed by atoms with E-state index in [-0.39, 0.29) is 0 Å². The molecule has 0 spiro atoms. The van der Waals surface area contributed by atoms with Gasteiger partial charge in [-0.05, 0) is 36.6 Å². The lowest BCUT2D eigenvalue weighted by Gasteiger charge is -2.08. The van der Waals surface area contributed by atoms with Crippen LogP contribution in [0.5, 0.6) is 0 Å². The second-order valence-electron chi connectivity index (χ2n) is 5.54. The van der Waals surface area contributed by atoms with Crippen LogP contribution in [0.2, 0.25) is 0 Å². The van der Waals surface area contributed by atoms with Gasteiger partial charge in [-0.2, -0.15) is 5.10 Å². The topological polar surface area (TPSA) is 36.8 Å². The normalized spacial score (nSPS) is 13.4. The van der Waals surface area contributed by atoms with Gasteiger partial charge in [-0.15, -0.1) is 11.3 Å². The molecule has 1 aromatic heterocycles. The molecule has 5 heteroatoms. The Bertz CT molecular complexity index is 941. The minimum absolute atomic E-state index is 0.774. The van der Waals surface area contributed by atoms with E-state index in [1.54, 1.807) is 11.3 Å². The van der Waals surface area contributed by atoms with E-state index in [0.29, 0.717) is 0 Å². The molecule has 0 atom stereocenters. The Kier molecular flexibility index (Phi) is 4.04. The summed E-state index contributed by atoms with van der Waals surface area (Å²) in [5.74, 6) is 0.774. The molecule has 0 unspecified atom stereocenters. The van der Waals surface area contributed by atoms with E-state index in [0.717, 1.165) is 37.7 Å². The van der Waals surface area contributed by atoms with E-state index in [1.165, 1.54) is 5.56 Å². The summed E-state index contributed by atoms with van der Waals surface area (Å²) in [6, 6.07) is 18.5. The maximum absolute atomic E-state index is 4.80. The molecule has 4 rings (SSSR count). The lowest BCUT2D eigenvalue weighted by molar-refractivity contribution is 1.03. The van der Waals surface area contributed by atoms with E-state index in [2.05, 4.69) is 63.7 Å². The summed E-state index contributed by atoms with van der Waals surface area (Å²) in [5, 5.41) is 6.70. The number of hydrogen-bond donors (Lipinski definition) is 1. The van der Waals surface area contributed by atoms with Gasteiger partial charge in [0.2, 0.25) is 0 Å². The highest BCUT2D eigenvalue weighted by Crippen LogP contribution is 2.29. The molecule has 1 aliphatic heterocycles. The van der Waals surface area contributed by atoms with Crippen molar-refractivity contribution in [3.63, 3.8) is 0 Å². The second-order valence-corrected chi connectivity index (χ2v) is 7.40. The molecule has 1 aliphatic rings. The molecular formula is C19H14BrN3S. The molecule has 0 aliphatic carbocycles. The number of thiophene rings is 1. The number of fused-ring (bicyclic) bond motifs is 1. The number of nitrogens with one attached hydrogen (secondary N) is 1. The number of halogens is 1. The number of benzene rings is 2. The van der Waals surface area contributed by atoms with Gasteiger partial charge in [-0.3, -0.25) is 5.43 Å². The van der Waals surface area contributed by atoms with Gasteiger partial charge in [0.1, 0.15) is 5.71 Å². The number of amidine groups is 1. The Labute approximate surface area is 152 Å². The maximum atomic E-state index is 4.80. The molecule has 0 amide bonds. The number of aliphatic imine (C=N–C) groups is 1. The molecule has 3 aromatic rings. The van der Waals surface area contributed by atoms with Crippen molar-refractivity contribution in [2.45, 2.75) is 6.92 Å². The summed E-state index contributed by atoms with van der Waals surface area (Å²) in [6.07, 6.45) is 0. The first kappa shape index (κ1) is 15.3. The highest BCUT2D eigenvalue weighted by molar-refractivity contribution is 9.10. The lowest BCUT2D eigenvalue weighted by Crippen LogP contribution is -2.18. The first-order valence-corrected chi connectivity index (χ1v) is 9.21. The predicted molar refractivity (Wildman–Crippen MR) is 105 cm³/mol. The van der Waals surface area contributed by atoms with Gasteiger partial charge in [-0.25, -0.2) is 4.99 Å². The molecule has 0 radical (unpaired) electrons. The van der Waals surface area contributed by atoms with Crippen molar-refractivity contribution in [3.8, 4) is 0 Å². The Morgan fingerprint density at radius 1 is 1.04 bits per heavy atom. The molecule has 2 heterocycles. The zero-order valence-electron chi connectivity index (χ0n) is 13.0. The summed E-state index contributed by atoms with van der Waals surface area (Å²) in [6.45, 7) is 2.08. The van der Waals surface area contributed by atoms with Gasteiger partial charge in [0.05, 0.1) is 10.6 Å². The fraction of sp³-hybridized carbons (Fsp3) is 0.0526. The van der Waals surface area contributed by atoms with Crippen molar-refractivity contribution in [1.29, 1.82) is 0 Å². The van der Waals surface area contributed by atoms with Crippen LogP contribution in [-0.2, 0) is 0 Å². The third-order valence-corrected chi connectivity index (χ3v) is 5.17. The van der Waals surface area contributed by atoms with Crippen molar-refractivity contribution in [2.75, 3.05) is 0 Å². The summed E-state index contributed by atoms with van der Waals surface area (Å²) >= 11 is 5.20. The highest BCUT2D eigenvalue weighted by Gasteiger charge is 2.17. The van der Waals surface area contributed by atoms with E-state index < -0.39 is 0 Å². The summed E-state index contributed by atoms with van der Waals surface area (Å²) in [4.78, 5) is 5.86. The van der Waals surface area contributed by atoms with Gasteiger partial charge in [0.25, 0.3) is 0 Å². The van der Waals surface area contributed by atoms with Crippen LogP contribution in [0.25, 0.3) is 0 Å². The smallest absolute Gasteiger partial charge is 0.164 e. The molecule has 2 aromatic carbocycles. The van der Waals surface area contributed by atoms with Crippen molar-refractivity contribution in [2.24, 2.45) is 10.1 Å². The van der Waals surface area contributed by atoms with Crippen molar-refractivity contribution in [3.05, 3.63) is 86.0 Å². The standard InChI is InChI=1S/C19H14BrN3S/c1-12-4-6-13(7-5-12)18-15-11-14(20)8-9-16(15)21-19(23-22-18)17-3-2-10-24-17/h2-11H,1H3,(H,21,23). The molecule has 3 nitrogen and oxygen atoms in total. The van der Waals surface area contributed by atoms with Gasteiger partial charge in [0, 0.05) is 15.6 Å². The van der Waals surface area contributed by atoms with Gasteiger partial charge < -0.3 is 0 Å². The monoisotopic (exact) mass is 395 g/mol. The first-order valence-electron chi connectivity index (χ1n) is 7.54. The Hall–Kier alpha value is -2.24. The van der Waals surface area contributed by atoms with E-state index in [9.17, 15) is 0 Å². The number of rotatable bonds is 2.